The second-order valence-electron chi connectivity index (χ2n) is 11.0. The molecule has 0 saturated heterocycles. The predicted octanol–water partition coefficient (Wildman–Crippen LogP) is 4.87. The van der Waals surface area contributed by atoms with E-state index in [1.807, 2.05) is 11.8 Å². The van der Waals surface area contributed by atoms with Crippen molar-refractivity contribution >= 4 is 21.6 Å². The van der Waals surface area contributed by atoms with Crippen LogP contribution >= 0.6 is 0 Å². The average molecular weight is 636 g/mol. The van der Waals surface area contributed by atoms with Crippen molar-refractivity contribution in [2.75, 3.05) is 38.6 Å². The first-order valence-corrected chi connectivity index (χ1v) is 15.4. The van der Waals surface area contributed by atoms with Gasteiger partial charge in [-0.25, -0.2) is 8.42 Å². The Balaban J connectivity index is 1.66. The van der Waals surface area contributed by atoms with Crippen LogP contribution in [0.4, 0.5) is 18.9 Å². The zero-order chi connectivity index (χ0) is 32.2. The number of hydrogen-bond acceptors (Lipinski definition) is 7. The van der Waals surface area contributed by atoms with Crippen LogP contribution in [0.3, 0.4) is 0 Å². The summed E-state index contributed by atoms with van der Waals surface area (Å²) in [5.74, 6) is -0.167. The van der Waals surface area contributed by atoms with E-state index in [4.69, 9.17) is 9.47 Å². The number of halogens is 3. The van der Waals surface area contributed by atoms with Crippen molar-refractivity contribution < 1.29 is 41.0 Å². The van der Waals surface area contributed by atoms with Crippen LogP contribution in [0.1, 0.15) is 35.3 Å². The summed E-state index contributed by atoms with van der Waals surface area (Å²) in [6.45, 7) is 4.19. The fourth-order valence-electron chi connectivity index (χ4n) is 4.98. The summed E-state index contributed by atoms with van der Waals surface area (Å²) in [6, 6.07) is 14.8. The molecule has 1 aliphatic heterocycles. The number of nitrogens with one attached hydrogen (secondary N) is 1. The lowest BCUT2D eigenvalue weighted by molar-refractivity contribution is -0.137. The lowest BCUT2D eigenvalue weighted by Crippen LogP contribution is -2.49. The van der Waals surface area contributed by atoms with Gasteiger partial charge in [0.05, 0.1) is 41.5 Å². The Hall–Kier alpha value is -3.81. The number of methoxy groups -OCH3 is 1. The molecule has 238 valence electrons. The Morgan fingerprint density at radius 2 is 1.77 bits per heavy atom. The monoisotopic (exact) mass is 635 g/mol. The quantitative estimate of drug-likeness (QED) is 0.328. The van der Waals surface area contributed by atoms with Crippen LogP contribution in [0, 0.1) is 5.92 Å². The molecule has 0 aliphatic carbocycles. The third-order valence-corrected chi connectivity index (χ3v) is 8.91. The summed E-state index contributed by atoms with van der Waals surface area (Å²) < 4.78 is 79.8. The van der Waals surface area contributed by atoms with Gasteiger partial charge in [-0.1, -0.05) is 25.1 Å². The molecule has 13 heteroatoms. The Morgan fingerprint density at radius 3 is 2.36 bits per heavy atom. The lowest BCUT2D eigenvalue weighted by atomic mass is 9.99. The molecule has 1 aliphatic rings. The molecule has 0 fully saturated rings. The number of aliphatic hydroxyl groups is 1. The predicted molar refractivity (Wildman–Crippen MR) is 159 cm³/mol. The van der Waals surface area contributed by atoms with E-state index in [1.165, 1.54) is 54.5 Å². The van der Waals surface area contributed by atoms with Crippen molar-refractivity contribution in [1.82, 2.24) is 9.80 Å². The molecule has 0 saturated carbocycles. The summed E-state index contributed by atoms with van der Waals surface area (Å²) >= 11 is 0. The van der Waals surface area contributed by atoms with Crippen LogP contribution < -0.4 is 14.2 Å². The fourth-order valence-corrected chi connectivity index (χ4v) is 6.05. The number of alkyl halides is 3. The van der Waals surface area contributed by atoms with Crippen molar-refractivity contribution in [2.45, 2.75) is 43.6 Å². The molecule has 3 aromatic carbocycles. The highest BCUT2D eigenvalue weighted by molar-refractivity contribution is 7.92. The van der Waals surface area contributed by atoms with E-state index in [0.29, 0.717) is 24.4 Å². The number of ether oxygens (including phenoxy) is 2. The van der Waals surface area contributed by atoms with E-state index in [2.05, 4.69) is 4.72 Å². The van der Waals surface area contributed by atoms with E-state index in [1.54, 1.807) is 26.1 Å². The minimum Gasteiger partial charge on any atom is -0.497 e. The zero-order valence-electron chi connectivity index (χ0n) is 24.8. The number of anilines is 1. The van der Waals surface area contributed by atoms with Gasteiger partial charge in [0, 0.05) is 25.6 Å². The second kappa shape index (κ2) is 13.4. The summed E-state index contributed by atoms with van der Waals surface area (Å²) in [5.41, 5.74) is 0.123. The maximum Gasteiger partial charge on any atom is 0.416 e. The molecule has 3 atom stereocenters. The first-order chi connectivity index (χ1) is 20.7. The maximum atomic E-state index is 13.7. The summed E-state index contributed by atoms with van der Waals surface area (Å²) in [4.78, 5) is 17.1. The number of carbonyl (C=O) groups is 1. The van der Waals surface area contributed by atoms with E-state index in [0.717, 1.165) is 12.1 Å². The molecule has 1 amide bonds. The normalized spacial score (nSPS) is 18.2. The van der Waals surface area contributed by atoms with Gasteiger partial charge in [-0.3, -0.25) is 14.4 Å². The lowest BCUT2D eigenvalue weighted by Gasteiger charge is -2.38. The highest BCUT2D eigenvalue weighted by Crippen LogP contribution is 2.36. The largest absolute Gasteiger partial charge is 0.497 e. The third-order valence-electron chi connectivity index (χ3n) is 7.53. The number of aliphatic hydroxyl groups excluding tert-OH is 1. The number of rotatable bonds is 10. The van der Waals surface area contributed by atoms with Gasteiger partial charge >= 0.3 is 6.18 Å². The number of likely N-dealkylation sites (N-methyl/N-ethyl adjacent to an activating group) is 1. The van der Waals surface area contributed by atoms with E-state index in [9.17, 15) is 31.5 Å². The summed E-state index contributed by atoms with van der Waals surface area (Å²) in [5, 5.41) is 9.91. The third kappa shape index (κ3) is 7.63. The van der Waals surface area contributed by atoms with Crippen molar-refractivity contribution in [1.29, 1.82) is 0 Å². The zero-order valence-corrected chi connectivity index (χ0v) is 25.7. The summed E-state index contributed by atoms with van der Waals surface area (Å²) in [7, 11) is -0.829. The van der Waals surface area contributed by atoms with Crippen LogP contribution in [0.5, 0.6) is 11.5 Å². The Kier molecular flexibility index (Phi) is 10.1. The standard InChI is InChI=1S/C31H36F3N3O6S/c1-20-16-37(21(2)19-38)30(39)26-6-5-7-27(35-44(40,41)25-14-12-24(42-4)13-15-25)29(26)43-28(20)18-36(3)17-22-8-10-23(11-9-22)31(32,33)34/h5-15,20-21,28,35,38H,16-19H2,1-4H3/t20-,21-,28+/m0/s1. The molecule has 0 unspecified atom stereocenters. The molecule has 1 heterocycles. The number of fused-ring (bicyclic) bond motifs is 1. The van der Waals surface area contributed by atoms with Crippen molar-refractivity contribution in [3.63, 3.8) is 0 Å². The molecule has 0 radical (unpaired) electrons. The number of amides is 1. The molecule has 3 aromatic rings. The number of para-hydroxylation sites is 1. The van der Waals surface area contributed by atoms with Gasteiger partial charge < -0.3 is 19.5 Å². The molecule has 9 nitrogen and oxygen atoms in total. The van der Waals surface area contributed by atoms with Crippen LogP contribution in [-0.4, -0.2) is 75.2 Å². The van der Waals surface area contributed by atoms with Crippen LogP contribution in [-0.2, 0) is 22.7 Å². The van der Waals surface area contributed by atoms with Gasteiger partial charge in [0.25, 0.3) is 15.9 Å². The highest BCUT2D eigenvalue weighted by atomic mass is 32.2. The number of sulfonamides is 1. The molecule has 2 N–H and O–H groups in total. The molecule has 0 aromatic heterocycles. The SMILES string of the molecule is COc1ccc(S(=O)(=O)Nc2cccc3c2O[C@H](CN(C)Cc2ccc(C(F)(F)F)cc2)[C@@H](C)CN([C@@H](C)CO)C3=O)cc1. The Bertz CT molecular complexity index is 1550. The minimum atomic E-state index is -4.43. The fraction of sp³-hybridized carbons (Fsp3) is 0.387. The molecule has 4 rings (SSSR count). The molecule has 0 bridgehead atoms. The number of benzene rings is 3. The van der Waals surface area contributed by atoms with Crippen molar-refractivity contribution in [3.05, 3.63) is 83.4 Å². The van der Waals surface area contributed by atoms with Crippen LogP contribution in [0.2, 0.25) is 0 Å². The van der Waals surface area contributed by atoms with E-state index < -0.39 is 39.8 Å². The smallest absolute Gasteiger partial charge is 0.416 e. The van der Waals surface area contributed by atoms with Crippen LogP contribution in [0.25, 0.3) is 0 Å². The van der Waals surface area contributed by atoms with Crippen molar-refractivity contribution in [3.8, 4) is 11.5 Å². The topological polar surface area (TPSA) is 108 Å². The van der Waals surface area contributed by atoms with Gasteiger partial charge in [-0.15, -0.1) is 0 Å². The van der Waals surface area contributed by atoms with E-state index in [-0.39, 0.29) is 41.0 Å². The molecule has 0 spiro atoms. The molecular formula is C31H36F3N3O6S. The highest BCUT2D eigenvalue weighted by Gasteiger charge is 2.35. The van der Waals surface area contributed by atoms with Gasteiger partial charge in [-0.05, 0) is 68.1 Å². The van der Waals surface area contributed by atoms with Gasteiger partial charge in [0.15, 0.2) is 5.75 Å². The number of hydrogen-bond donors (Lipinski definition) is 2. The van der Waals surface area contributed by atoms with Crippen LogP contribution in [0.15, 0.2) is 71.6 Å². The molecule has 44 heavy (non-hydrogen) atoms. The minimum absolute atomic E-state index is 0.0233. The average Bonchev–Trinajstić information content (AvgIpc) is 2.98. The Morgan fingerprint density at radius 1 is 1.11 bits per heavy atom. The van der Waals surface area contributed by atoms with Gasteiger partial charge in [-0.2, -0.15) is 13.2 Å². The van der Waals surface area contributed by atoms with E-state index >= 15 is 0 Å². The first kappa shape index (κ1) is 33.1. The Labute approximate surface area is 255 Å². The first-order valence-electron chi connectivity index (χ1n) is 14.0. The second-order valence-corrected chi connectivity index (χ2v) is 12.7. The molecular weight excluding hydrogens is 599 g/mol. The summed E-state index contributed by atoms with van der Waals surface area (Å²) in [6.07, 6.45) is -5.00. The van der Waals surface area contributed by atoms with Gasteiger partial charge in [0.2, 0.25) is 0 Å². The van der Waals surface area contributed by atoms with Gasteiger partial charge in [0.1, 0.15) is 11.9 Å². The number of carbonyl (C=O) groups excluding carboxylic acids is 1. The van der Waals surface area contributed by atoms with Crippen molar-refractivity contribution in [2.24, 2.45) is 5.92 Å². The number of nitrogens with zero attached hydrogens (tertiary/aromatic N) is 2. The maximum absolute atomic E-state index is 13.7.